The minimum absolute atomic E-state index is 0.133. The standard InChI is InChI=1S/C23H23NO3/c1-3-26-22-14-11-19(23(25)24-2)15-20(22)16-27-21-12-9-18(10-13-21)17-7-5-4-6-8-17/h4-15H,3,16H2,1-2H3,(H,24,25). The summed E-state index contributed by atoms with van der Waals surface area (Å²) >= 11 is 0. The average molecular weight is 361 g/mol. The second kappa shape index (κ2) is 8.90. The molecular weight excluding hydrogens is 338 g/mol. The highest BCUT2D eigenvalue weighted by Gasteiger charge is 2.10. The third kappa shape index (κ3) is 4.67. The first kappa shape index (κ1) is 18.5. The molecule has 1 N–H and O–H groups in total. The first-order valence-electron chi connectivity index (χ1n) is 8.97. The summed E-state index contributed by atoms with van der Waals surface area (Å²) in [6, 6.07) is 23.5. The fourth-order valence-corrected chi connectivity index (χ4v) is 2.81. The van der Waals surface area contributed by atoms with E-state index in [0.717, 1.165) is 22.6 Å². The molecule has 0 heterocycles. The van der Waals surface area contributed by atoms with Gasteiger partial charge < -0.3 is 14.8 Å². The lowest BCUT2D eigenvalue weighted by molar-refractivity contribution is 0.0963. The summed E-state index contributed by atoms with van der Waals surface area (Å²) in [5, 5.41) is 2.63. The monoisotopic (exact) mass is 361 g/mol. The lowest BCUT2D eigenvalue weighted by Crippen LogP contribution is -2.18. The van der Waals surface area contributed by atoms with E-state index in [-0.39, 0.29) is 5.91 Å². The summed E-state index contributed by atoms with van der Waals surface area (Å²) in [5.41, 5.74) is 3.73. The van der Waals surface area contributed by atoms with E-state index in [1.807, 2.05) is 61.5 Å². The summed E-state index contributed by atoms with van der Waals surface area (Å²) in [6.45, 7) is 2.81. The zero-order valence-electron chi connectivity index (χ0n) is 15.6. The van der Waals surface area contributed by atoms with Gasteiger partial charge in [0.25, 0.3) is 5.91 Å². The molecule has 0 bridgehead atoms. The SMILES string of the molecule is CCOc1ccc(C(=O)NC)cc1COc1ccc(-c2ccccc2)cc1. The van der Waals surface area contributed by atoms with Crippen LogP contribution in [-0.4, -0.2) is 19.6 Å². The van der Waals surface area contributed by atoms with Crippen LogP contribution in [0.25, 0.3) is 11.1 Å². The quantitative estimate of drug-likeness (QED) is 0.664. The van der Waals surface area contributed by atoms with E-state index in [0.29, 0.717) is 18.8 Å². The van der Waals surface area contributed by atoms with E-state index in [1.54, 1.807) is 13.1 Å². The molecule has 27 heavy (non-hydrogen) atoms. The molecule has 3 aromatic rings. The van der Waals surface area contributed by atoms with Crippen LogP contribution in [0.1, 0.15) is 22.8 Å². The molecule has 0 fully saturated rings. The van der Waals surface area contributed by atoms with Crippen LogP contribution < -0.4 is 14.8 Å². The lowest BCUT2D eigenvalue weighted by atomic mass is 10.1. The first-order valence-corrected chi connectivity index (χ1v) is 8.97. The molecule has 1 amide bonds. The molecule has 0 radical (unpaired) electrons. The van der Waals surface area contributed by atoms with Gasteiger partial charge in [0, 0.05) is 18.2 Å². The summed E-state index contributed by atoms with van der Waals surface area (Å²) < 4.78 is 11.6. The molecule has 0 spiro atoms. The van der Waals surface area contributed by atoms with Crippen molar-refractivity contribution < 1.29 is 14.3 Å². The summed E-state index contributed by atoms with van der Waals surface area (Å²) in [7, 11) is 1.61. The Morgan fingerprint density at radius 2 is 1.59 bits per heavy atom. The van der Waals surface area contributed by atoms with Gasteiger partial charge in [0.05, 0.1) is 6.61 Å². The number of rotatable bonds is 7. The normalized spacial score (nSPS) is 10.3. The van der Waals surface area contributed by atoms with E-state index in [1.165, 1.54) is 5.56 Å². The molecule has 3 aromatic carbocycles. The van der Waals surface area contributed by atoms with Gasteiger partial charge >= 0.3 is 0 Å². The number of carbonyl (C=O) groups excluding carboxylic acids is 1. The van der Waals surface area contributed by atoms with Gasteiger partial charge in [-0.2, -0.15) is 0 Å². The van der Waals surface area contributed by atoms with Crippen LogP contribution in [-0.2, 0) is 6.61 Å². The van der Waals surface area contributed by atoms with E-state index in [4.69, 9.17) is 9.47 Å². The highest BCUT2D eigenvalue weighted by molar-refractivity contribution is 5.94. The van der Waals surface area contributed by atoms with E-state index in [2.05, 4.69) is 17.4 Å². The third-order valence-electron chi connectivity index (χ3n) is 4.21. The zero-order chi connectivity index (χ0) is 19.1. The number of ether oxygens (including phenoxy) is 2. The van der Waals surface area contributed by atoms with Crippen LogP contribution in [0.2, 0.25) is 0 Å². The topological polar surface area (TPSA) is 47.6 Å². The lowest BCUT2D eigenvalue weighted by Gasteiger charge is -2.13. The van der Waals surface area contributed by atoms with Gasteiger partial charge in [0.15, 0.2) is 0 Å². The van der Waals surface area contributed by atoms with Gasteiger partial charge in [-0.3, -0.25) is 4.79 Å². The molecule has 0 aromatic heterocycles. The second-order valence-corrected chi connectivity index (χ2v) is 6.01. The molecule has 138 valence electrons. The molecule has 4 nitrogen and oxygen atoms in total. The fraction of sp³-hybridized carbons (Fsp3) is 0.174. The van der Waals surface area contributed by atoms with Crippen molar-refractivity contribution in [2.45, 2.75) is 13.5 Å². The van der Waals surface area contributed by atoms with Crippen molar-refractivity contribution in [1.29, 1.82) is 0 Å². The largest absolute Gasteiger partial charge is 0.493 e. The molecule has 0 aliphatic heterocycles. The van der Waals surface area contributed by atoms with Crippen molar-refractivity contribution in [1.82, 2.24) is 5.32 Å². The van der Waals surface area contributed by atoms with Gasteiger partial charge in [-0.25, -0.2) is 0 Å². The van der Waals surface area contributed by atoms with E-state index < -0.39 is 0 Å². The van der Waals surface area contributed by atoms with Crippen LogP contribution in [0.3, 0.4) is 0 Å². The van der Waals surface area contributed by atoms with Gasteiger partial charge in [-0.15, -0.1) is 0 Å². The predicted molar refractivity (Wildman–Crippen MR) is 107 cm³/mol. The highest BCUT2D eigenvalue weighted by Crippen LogP contribution is 2.25. The molecule has 0 saturated carbocycles. The van der Waals surface area contributed by atoms with Crippen molar-refractivity contribution in [3.8, 4) is 22.6 Å². The molecule has 4 heteroatoms. The molecule has 3 rings (SSSR count). The molecular formula is C23H23NO3. The van der Waals surface area contributed by atoms with Crippen molar-refractivity contribution in [3.63, 3.8) is 0 Å². The average Bonchev–Trinajstić information content (AvgIpc) is 2.73. The number of hydrogen-bond donors (Lipinski definition) is 1. The number of carbonyl (C=O) groups is 1. The summed E-state index contributed by atoms with van der Waals surface area (Å²) in [6.07, 6.45) is 0. The highest BCUT2D eigenvalue weighted by atomic mass is 16.5. The van der Waals surface area contributed by atoms with Crippen molar-refractivity contribution in [3.05, 3.63) is 83.9 Å². The minimum atomic E-state index is -0.133. The smallest absolute Gasteiger partial charge is 0.251 e. The molecule has 0 saturated heterocycles. The summed E-state index contributed by atoms with van der Waals surface area (Å²) in [4.78, 5) is 11.9. The van der Waals surface area contributed by atoms with Gasteiger partial charge in [0.1, 0.15) is 18.1 Å². The van der Waals surface area contributed by atoms with Gasteiger partial charge in [-0.1, -0.05) is 42.5 Å². The molecule has 0 atom stereocenters. The Bertz CT molecular complexity index is 889. The first-order chi connectivity index (χ1) is 13.2. The Hall–Kier alpha value is -3.27. The molecule has 0 aliphatic carbocycles. The summed E-state index contributed by atoms with van der Waals surface area (Å²) in [5.74, 6) is 1.36. The Labute approximate surface area is 159 Å². The second-order valence-electron chi connectivity index (χ2n) is 6.01. The molecule has 0 aliphatic rings. The minimum Gasteiger partial charge on any atom is -0.493 e. The molecule has 0 unspecified atom stereocenters. The zero-order valence-corrected chi connectivity index (χ0v) is 15.6. The van der Waals surface area contributed by atoms with Crippen molar-refractivity contribution >= 4 is 5.91 Å². The van der Waals surface area contributed by atoms with Crippen LogP contribution in [0, 0.1) is 0 Å². The number of nitrogens with one attached hydrogen (secondary N) is 1. The van der Waals surface area contributed by atoms with Crippen molar-refractivity contribution in [2.75, 3.05) is 13.7 Å². The maximum atomic E-state index is 11.9. The van der Waals surface area contributed by atoms with Crippen LogP contribution in [0.5, 0.6) is 11.5 Å². The van der Waals surface area contributed by atoms with Crippen molar-refractivity contribution in [2.24, 2.45) is 0 Å². The fourth-order valence-electron chi connectivity index (χ4n) is 2.81. The third-order valence-corrected chi connectivity index (χ3v) is 4.21. The maximum absolute atomic E-state index is 11.9. The number of amides is 1. The maximum Gasteiger partial charge on any atom is 0.251 e. The van der Waals surface area contributed by atoms with E-state index >= 15 is 0 Å². The predicted octanol–water partition coefficient (Wildman–Crippen LogP) is 4.69. The van der Waals surface area contributed by atoms with E-state index in [9.17, 15) is 4.79 Å². The van der Waals surface area contributed by atoms with Crippen LogP contribution in [0.4, 0.5) is 0 Å². The van der Waals surface area contributed by atoms with Crippen LogP contribution >= 0.6 is 0 Å². The van der Waals surface area contributed by atoms with Gasteiger partial charge in [-0.05, 0) is 48.4 Å². The Morgan fingerprint density at radius 3 is 2.26 bits per heavy atom. The Balaban J connectivity index is 1.74. The van der Waals surface area contributed by atoms with Crippen LogP contribution in [0.15, 0.2) is 72.8 Å². The number of hydrogen-bond acceptors (Lipinski definition) is 3. The number of benzene rings is 3. The Kier molecular flexibility index (Phi) is 6.10. The van der Waals surface area contributed by atoms with Gasteiger partial charge in [0.2, 0.25) is 0 Å². The Morgan fingerprint density at radius 1 is 0.889 bits per heavy atom.